The van der Waals surface area contributed by atoms with Gasteiger partial charge in [-0.15, -0.1) is 11.3 Å². The number of hydrogen-bond donors (Lipinski definition) is 1. The molecule has 0 saturated heterocycles. The third-order valence-electron chi connectivity index (χ3n) is 12.0. The number of aliphatic imine (C=N–C) groups is 1. The molecule has 11 aromatic rings. The highest BCUT2D eigenvalue weighted by atomic mass is 32.1. The van der Waals surface area contributed by atoms with Crippen LogP contribution in [0.25, 0.3) is 91.6 Å². The van der Waals surface area contributed by atoms with Gasteiger partial charge in [0.1, 0.15) is 5.84 Å². The van der Waals surface area contributed by atoms with Gasteiger partial charge in [-0.05, 0) is 95.4 Å². The number of rotatable bonds is 8. The Labute approximate surface area is 359 Å². The monoisotopic (exact) mass is 796 g/mol. The highest BCUT2D eigenvalue weighted by Crippen LogP contribution is 2.46. The fraction of sp³-hybridized carbons (Fsp3) is 0.0172. The highest BCUT2D eigenvalue weighted by molar-refractivity contribution is 7.25. The molecule has 0 aliphatic heterocycles. The Kier molecular flexibility index (Phi) is 9.30. The summed E-state index contributed by atoms with van der Waals surface area (Å²) in [4.78, 5) is 5.10. The quantitative estimate of drug-likeness (QED) is 0.0707. The van der Waals surface area contributed by atoms with Crippen LogP contribution in [0.4, 0.5) is 0 Å². The first kappa shape index (κ1) is 36.5. The molecule has 0 bridgehead atoms. The first-order valence-corrected chi connectivity index (χ1v) is 21.6. The van der Waals surface area contributed by atoms with Gasteiger partial charge in [0.15, 0.2) is 0 Å². The second kappa shape index (κ2) is 15.5. The molecule has 61 heavy (non-hydrogen) atoms. The summed E-state index contributed by atoms with van der Waals surface area (Å²) in [5.41, 5.74) is 18.0. The number of fused-ring (bicyclic) bond motifs is 7. The van der Waals surface area contributed by atoms with E-state index in [-0.39, 0.29) is 0 Å². The van der Waals surface area contributed by atoms with Gasteiger partial charge in [0.2, 0.25) is 0 Å². The van der Waals surface area contributed by atoms with Gasteiger partial charge in [-0.1, -0.05) is 206 Å². The van der Waals surface area contributed by atoms with E-state index in [4.69, 9.17) is 10.7 Å². The van der Waals surface area contributed by atoms with E-state index in [0.717, 1.165) is 22.4 Å². The molecule has 0 radical (unpaired) electrons. The maximum Gasteiger partial charge on any atom is 0.131 e. The van der Waals surface area contributed by atoms with E-state index in [9.17, 15) is 0 Å². The molecule has 0 unspecified atom stereocenters. The van der Waals surface area contributed by atoms with Crippen LogP contribution in [-0.2, 0) is 6.42 Å². The van der Waals surface area contributed by atoms with E-state index in [0.29, 0.717) is 12.3 Å². The third-order valence-corrected chi connectivity index (χ3v) is 13.1. The lowest BCUT2D eigenvalue weighted by molar-refractivity contribution is 1.26. The van der Waals surface area contributed by atoms with Gasteiger partial charge >= 0.3 is 0 Å². The first-order chi connectivity index (χ1) is 30.2. The van der Waals surface area contributed by atoms with Crippen molar-refractivity contribution in [2.75, 3.05) is 0 Å². The normalized spacial score (nSPS) is 12.3. The van der Waals surface area contributed by atoms with E-state index in [1.165, 1.54) is 85.9 Å². The van der Waals surface area contributed by atoms with E-state index in [1.54, 1.807) is 0 Å². The Balaban J connectivity index is 1.01. The minimum absolute atomic E-state index is 0.488. The second-order valence-corrected chi connectivity index (χ2v) is 16.7. The molecule has 0 amide bonds. The molecule has 2 N–H and O–H groups in total. The number of nitrogens with two attached hydrogens (primary N) is 1. The minimum Gasteiger partial charge on any atom is -0.383 e. The third kappa shape index (κ3) is 6.66. The summed E-state index contributed by atoms with van der Waals surface area (Å²) in [7, 11) is 0. The number of benzene rings is 10. The summed E-state index contributed by atoms with van der Waals surface area (Å²) in [6.07, 6.45) is 2.91. The predicted octanol–water partition coefficient (Wildman–Crippen LogP) is 15.5. The standard InChI is InChI=1S/C58H40N2S/c59-58(44-17-5-2-6-18-44)60-51(37-28-38-26-29-40(30-27-38)45-23-13-25-53-56(45)49-22-11-12-24-52(49)61-53)41-31-33-43(34-32-41)55-48-21-10-9-20-47(48)54(42-15-3-1-4-16-42)50-36-35-39-14-7-8-19-46(39)57(50)55/h1-27,29-37H,28H2,(H2,59,60)/b51-37-. The minimum atomic E-state index is 0.488. The lowest BCUT2D eigenvalue weighted by Gasteiger charge is -2.19. The Hall–Kier alpha value is -7.59. The largest absolute Gasteiger partial charge is 0.383 e. The van der Waals surface area contributed by atoms with Crippen LogP contribution in [0.1, 0.15) is 16.7 Å². The van der Waals surface area contributed by atoms with Crippen LogP contribution >= 0.6 is 11.3 Å². The maximum absolute atomic E-state index is 6.73. The van der Waals surface area contributed by atoms with E-state index in [1.807, 2.05) is 41.7 Å². The molecule has 0 fully saturated rings. The van der Waals surface area contributed by atoms with Crippen molar-refractivity contribution in [1.29, 1.82) is 0 Å². The fourth-order valence-corrected chi connectivity index (χ4v) is 10.2. The molecular weight excluding hydrogens is 757 g/mol. The molecule has 0 atom stereocenters. The summed E-state index contributed by atoms with van der Waals surface area (Å²) in [5.74, 6) is 0.488. The van der Waals surface area contributed by atoms with Gasteiger partial charge in [0.25, 0.3) is 0 Å². The second-order valence-electron chi connectivity index (χ2n) is 15.6. The van der Waals surface area contributed by atoms with Crippen molar-refractivity contribution in [3.05, 3.63) is 235 Å². The van der Waals surface area contributed by atoms with Crippen molar-refractivity contribution >= 4 is 75.4 Å². The summed E-state index contributed by atoms with van der Waals surface area (Å²) in [6, 6.07) is 76.2. The van der Waals surface area contributed by atoms with Gasteiger partial charge in [-0.2, -0.15) is 0 Å². The summed E-state index contributed by atoms with van der Waals surface area (Å²) >= 11 is 1.86. The van der Waals surface area contributed by atoms with Crippen LogP contribution in [0, 0.1) is 0 Å². The molecule has 1 heterocycles. The van der Waals surface area contributed by atoms with Crippen LogP contribution in [0.2, 0.25) is 0 Å². The summed E-state index contributed by atoms with van der Waals surface area (Å²) in [5, 5.41) is 10.1. The first-order valence-electron chi connectivity index (χ1n) is 20.8. The van der Waals surface area contributed by atoms with Crippen molar-refractivity contribution < 1.29 is 0 Å². The average Bonchev–Trinajstić information content (AvgIpc) is 3.72. The van der Waals surface area contributed by atoms with Crippen molar-refractivity contribution in [2.24, 2.45) is 10.7 Å². The van der Waals surface area contributed by atoms with Crippen LogP contribution in [0.5, 0.6) is 0 Å². The number of thiophene rings is 1. The lowest BCUT2D eigenvalue weighted by Crippen LogP contribution is -2.13. The van der Waals surface area contributed by atoms with E-state index in [2.05, 4.69) is 188 Å². The molecule has 1 aromatic heterocycles. The molecule has 288 valence electrons. The van der Waals surface area contributed by atoms with E-state index < -0.39 is 0 Å². The summed E-state index contributed by atoms with van der Waals surface area (Å²) < 4.78 is 2.63. The summed E-state index contributed by atoms with van der Waals surface area (Å²) in [6.45, 7) is 0. The van der Waals surface area contributed by atoms with Crippen LogP contribution in [-0.4, -0.2) is 5.84 Å². The number of allylic oxidation sites excluding steroid dienone is 1. The molecule has 11 rings (SSSR count). The Morgan fingerprint density at radius 2 is 1.03 bits per heavy atom. The average molecular weight is 797 g/mol. The fourth-order valence-electron chi connectivity index (χ4n) is 9.05. The zero-order valence-electron chi connectivity index (χ0n) is 33.4. The SMILES string of the molecule is NC(=N/C(=C\Cc1ccc(-c2cccc3sc4ccccc4c23)cc1)c1ccc(-c2c3ccccc3c(-c3ccccc3)c3ccc4ccccc4c23)cc1)c1ccccc1. The van der Waals surface area contributed by atoms with Gasteiger partial charge in [0, 0.05) is 25.7 Å². The number of amidine groups is 1. The molecule has 0 saturated carbocycles. The van der Waals surface area contributed by atoms with Crippen molar-refractivity contribution in [1.82, 2.24) is 0 Å². The molecule has 0 aliphatic rings. The van der Waals surface area contributed by atoms with Crippen molar-refractivity contribution in [3.63, 3.8) is 0 Å². The number of hydrogen-bond acceptors (Lipinski definition) is 2. The molecular formula is C58H40N2S. The van der Waals surface area contributed by atoms with Crippen LogP contribution in [0.3, 0.4) is 0 Å². The number of nitrogens with zero attached hydrogens (tertiary/aromatic N) is 1. The molecule has 0 spiro atoms. The Morgan fingerprint density at radius 1 is 0.426 bits per heavy atom. The van der Waals surface area contributed by atoms with Gasteiger partial charge < -0.3 is 5.73 Å². The molecule has 3 heteroatoms. The smallest absolute Gasteiger partial charge is 0.131 e. The topological polar surface area (TPSA) is 38.4 Å². The predicted molar refractivity (Wildman–Crippen MR) is 263 cm³/mol. The molecule has 2 nitrogen and oxygen atoms in total. The van der Waals surface area contributed by atoms with E-state index >= 15 is 0 Å². The zero-order valence-corrected chi connectivity index (χ0v) is 34.2. The molecule has 10 aromatic carbocycles. The van der Waals surface area contributed by atoms with Crippen molar-refractivity contribution in [3.8, 4) is 33.4 Å². The van der Waals surface area contributed by atoms with Crippen molar-refractivity contribution in [2.45, 2.75) is 6.42 Å². The Morgan fingerprint density at radius 3 is 1.80 bits per heavy atom. The maximum atomic E-state index is 6.73. The highest BCUT2D eigenvalue weighted by Gasteiger charge is 2.19. The Bertz CT molecular complexity index is 3470. The zero-order chi connectivity index (χ0) is 40.7. The molecule has 0 aliphatic carbocycles. The van der Waals surface area contributed by atoms with Gasteiger partial charge in [-0.25, -0.2) is 4.99 Å². The van der Waals surface area contributed by atoms with Gasteiger partial charge in [0.05, 0.1) is 5.70 Å². The van der Waals surface area contributed by atoms with Crippen LogP contribution < -0.4 is 5.73 Å². The van der Waals surface area contributed by atoms with Gasteiger partial charge in [-0.3, -0.25) is 0 Å². The lowest BCUT2D eigenvalue weighted by atomic mass is 9.84. The van der Waals surface area contributed by atoms with Crippen LogP contribution in [0.15, 0.2) is 223 Å².